The molecule has 7 heteroatoms. The Morgan fingerprint density at radius 1 is 1.16 bits per heavy atom. The molecule has 2 aromatic carbocycles. The van der Waals surface area contributed by atoms with E-state index in [1.807, 2.05) is 6.07 Å². The third kappa shape index (κ3) is 4.06. The Balaban J connectivity index is 1.53. The largest absolute Gasteiger partial charge is 0.454 e. The average molecular weight is 344 g/mol. The van der Waals surface area contributed by atoms with Crippen molar-refractivity contribution >= 4 is 11.8 Å². The van der Waals surface area contributed by atoms with Crippen molar-refractivity contribution in [2.45, 2.75) is 19.5 Å². The van der Waals surface area contributed by atoms with Crippen molar-refractivity contribution < 1.29 is 23.5 Å². The van der Waals surface area contributed by atoms with Crippen molar-refractivity contribution in [2.24, 2.45) is 0 Å². The van der Waals surface area contributed by atoms with Gasteiger partial charge < -0.3 is 20.1 Å². The van der Waals surface area contributed by atoms with Gasteiger partial charge in [-0.2, -0.15) is 0 Å². The van der Waals surface area contributed by atoms with Crippen LogP contribution in [0.25, 0.3) is 0 Å². The second-order valence-electron chi connectivity index (χ2n) is 5.61. The van der Waals surface area contributed by atoms with Crippen LogP contribution < -0.4 is 20.1 Å². The van der Waals surface area contributed by atoms with Gasteiger partial charge in [0.2, 0.25) is 12.7 Å². The van der Waals surface area contributed by atoms with E-state index < -0.39 is 17.8 Å². The van der Waals surface area contributed by atoms with Gasteiger partial charge in [0.25, 0.3) is 5.91 Å². The molecule has 130 valence electrons. The first-order valence-corrected chi connectivity index (χ1v) is 7.75. The molecule has 3 rings (SSSR count). The van der Waals surface area contributed by atoms with E-state index in [4.69, 9.17) is 9.47 Å². The fourth-order valence-electron chi connectivity index (χ4n) is 2.37. The molecule has 0 radical (unpaired) electrons. The van der Waals surface area contributed by atoms with E-state index in [-0.39, 0.29) is 24.8 Å². The summed E-state index contributed by atoms with van der Waals surface area (Å²) in [6.45, 7) is 2.04. The number of rotatable bonds is 5. The molecule has 6 nitrogen and oxygen atoms in total. The minimum Gasteiger partial charge on any atom is -0.454 e. The lowest BCUT2D eigenvalue weighted by Crippen LogP contribution is -2.44. The summed E-state index contributed by atoms with van der Waals surface area (Å²) in [7, 11) is 0. The number of carbonyl (C=O) groups is 2. The Bertz CT molecular complexity index is 809. The molecule has 0 bridgehead atoms. The molecule has 1 aliphatic rings. The maximum atomic E-state index is 13.1. The number of benzene rings is 2. The first-order chi connectivity index (χ1) is 12.0. The summed E-state index contributed by atoms with van der Waals surface area (Å²) in [5.74, 6) is -0.0507. The maximum Gasteiger partial charge on any atom is 0.252 e. The van der Waals surface area contributed by atoms with Crippen LogP contribution in [0.5, 0.6) is 11.5 Å². The minimum atomic E-state index is -0.759. The van der Waals surface area contributed by atoms with Crippen LogP contribution in [-0.4, -0.2) is 24.6 Å². The van der Waals surface area contributed by atoms with Crippen molar-refractivity contribution in [2.75, 3.05) is 6.79 Å². The molecule has 1 heterocycles. The molecule has 2 N–H and O–H groups in total. The van der Waals surface area contributed by atoms with Crippen molar-refractivity contribution in [1.29, 1.82) is 0 Å². The molecular formula is C18H17FN2O4. The summed E-state index contributed by atoms with van der Waals surface area (Å²) >= 11 is 0. The summed E-state index contributed by atoms with van der Waals surface area (Å²) in [5.41, 5.74) is 1.01. The molecule has 0 aliphatic carbocycles. The normalized spacial score (nSPS) is 13.2. The Kier molecular flexibility index (Phi) is 4.83. The Labute approximate surface area is 143 Å². The zero-order chi connectivity index (χ0) is 17.8. The number of carbonyl (C=O) groups excluding carboxylic acids is 2. The van der Waals surface area contributed by atoms with Crippen molar-refractivity contribution in [3.8, 4) is 11.5 Å². The van der Waals surface area contributed by atoms with E-state index in [1.165, 1.54) is 18.2 Å². The SMILES string of the molecule is C[C@H](NC(=O)c1cccc(F)c1)C(=O)NCc1ccc2c(c1)OCO2. The van der Waals surface area contributed by atoms with E-state index in [2.05, 4.69) is 10.6 Å². The molecule has 2 aromatic rings. The molecule has 0 saturated carbocycles. The van der Waals surface area contributed by atoms with Crippen LogP contribution >= 0.6 is 0 Å². The highest BCUT2D eigenvalue weighted by molar-refractivity contribution is 5.97. The fraction of sp³-hybridized carbons (Fsp3) is 0.222. The molecule has 0 spiro atoms. The highest BCUT2D eigenvalue weighted by Gasteiger charge is 2.18. The highest BCUT2D eigenvalue weighted by atomic mass is 19.1. The van der Waals surface area contributed by atoms with Gasteiger partial charge in [0, 0.05) is 12.1 Å². The van der Waals surface area contributed by atoms with Crippen LogP contribution in [0.1, 0.15) is 22.8 Å². The number of ether oxygens (including phenoxy) is 2. The molecule has 1 aliphatic heterocycles. The third-order valence-corrected chi connectivity index (χ3v) is 3.73. The first-order valence-electron chi connectivity index (χ1n) is 7.75. The quantitative estimate of drug-likeness (QED) is 0.870. The Morgan fingerprint density at radius 2 is 1.96 bits per heavy atom. The first kappa shape index (κ1) is 16.8. The predicted molar refractivity (Wildman–Crippen MR) is 87.7 cm³/mol. The van der Waals surface area contributed by atoms with Gasteiger partial charge in [-0.15, -0.1) is 0 Å². The predicted octanol–water partition coefficient (Wildman–Crippen LogP) is 1.99. The maximum absolute atomic E-state index is 13.1. The van der Waals surface area contributed by atoms with E-state index >= 15 is 0 Å². The van der Waals surface area contributed by atoms with Crippen LogP contribution in [-0.2, 0) is 11.3 Å². The molecule has 2 amide bonds. The third-order valence-electron chi connectivity index (χ3n) is 3.73. The van der Waals surface area contributed by atoms with Crippen LogP contribution in [0.2, 0.25) is 0 Å². The van der Waals surface area contributed by atoms with E-state index in [1.54, 1.807) is 19.1 Å². The zero-order valence-corrected chi connectivity index (χ0v) is 13.5. The topological polar surface area (TPSA) is 76.7 Å². The van der Waals surface area contributed by atoms with E-state index in [0.717, 1.165) is 11.6 Å². The van der Waals surface area contributed by atoms with Gasteiger partial charge in [0.05, 0.1) is 0 Å². The lowest BCUT2D eigenvalue weighted by atomic mass is 10.2. The van der Waals surface area contributed by atoms with Gasteiger partial charge in [-0.25, -0.2) is 4.39 Å². The molecule has 25 heavy (non-hydrogen) atoms. The van der Waals surface area contributed by atoms with Crippen molar-refractivity contribution in [1.82, 2.24) is 10.6 Å². The average Bonchev–Trinajstić information content (AvgIpc) is 3.07. The molecule has 1 atom stereocenters. The van der Waals surface area contributed by atoms with Crippen LogP contribution in [0, 0.1) is 5.82 Å². The van der Waals surface area contributed by atoms with Gasteiger partial charge in [0.15, 0.2) is 11.5 Å². The lowest BCUT2D eigenvalue weighted by molar-refractivity contribution is -0.122. The summed E-state index contributed by atoms with van der Waals surface area (Å²) in [5, 5.41) is 5.27. The standard InChI is InChI=1S/C18H17FN2O4/c1-11(21-18(23)13-3-2-4-14(19)8-13)17(22)20-9-12-5-6-15-16(7-12)25-10-24-15/h2-8,11H,9-10H2,1H3,(H,20,22)(H,21,23)/t11-/m0/s1. The zero-order valence-electron chi connectivity index (χ0n) is 13.5. The highest BCUT2D eigenvalue weighted by Crippen LogP contribution is 2.32. The number of amides is 2. The van der Waals surface area contributed by atoms with E-state index in [0.29, 0.717) is 11.5 Å². The van der Waals surface area contributed by atoms with Crippen LogP contribution in [0.3, 0.4) is 0 Å². The monoisotopic (exact) mass is 344 g/mol. The number of nitrogens with one attached hydrogen (secondary N) is 2. The number of hydrogen-bond donors (Lipinski definition) is 2. The van der Waals surface area contributed by atoms with Crippen LogP contribution in [0.4, 0.5) is 4.39 Å². The van der Waals surface area contributed by atoms with Gasteiger partial charge in [-0.05, 0) is 42.8 Å². The molecular weight excluding hydrogens is 327 g/mol. The van der Waals surface area contributed by atoms with Crippen molar-refractivity contribution in [3.05, 3.63) is 59.4 Å². The van der Waals surface area contributed by atoms with Gasteiger partial charge >= 0.3 is 0 Å². The summed E-state index contributed by atoms with van der Waals surface area (Å²) < 4.78 is 23.7. The summed E-state index contributed by atoms with van der Waals surface area (Å²) in [4.78, 5) is 24.2. The molecule has 0 fully saturated rings. The molecule has 0 unspecified atom stereocenters. The number of halogens is 1. The van der Waals surface area contributed by atoms with Gasteiger partial charge in [-0.1, -0.05) is 12.1 Å². The van der Waals surface area contributed by atoms with Gasteiger partial charge in [0.1, 0.15) is 11.9 Å². The second kappa shape index (κ2) is 7.21. The minimum absolute atomic E-state index is 0.162. The van der Waals surface area contributed by atoms with Crippen molar-refractivity contribution in [3.63, 3.8) is 0 Å². The van der Waals surface area contributed by atoms with Crippen LogP contribution in [0.15, 0.2) is 42.5 Å². The smallest absolute Gasteiger partial charge is 0.252 e. The second-order valence-corrected chi connectivity index (χ2v) is 5.61. The number of fused-ring (bicyclic) bond motifs is 1. The van der Waals surface area contributed by atoms with Gasteiger partial charge in [-0.3, -0.25) is 9.59 Å². The fourth-order valence-corrected chi connectivity index (χ4v) is 2.37. The lowest BCUT2D eigenvalue weighted by Gasteiger charge is -2.14. The molecule has 0 aromatic heterocycles. The number of hydrogen-bond acceptors (Lipinski definition) is 4. The van der Waals surface area contributed by atoms with E-state index in [9.17, 15) is 14.0 Å². The summed E-state index contributed by atoms with van der Waals surface area (Å²) in [6, 6.07) is 9.92. The molecule has 0 saturated heterocycles. The Hall–Kier alpha value is -3.09. The Morgan fingerprint density at radius 3 is 2.76 bits per heavy atom. The summed E-state index contributed by atoms with van der Waals surface area (Å²) in [6.07, 6.45) is 0.